The van der Waals surface area contributed by atoms with Gasteiger partial charge in [0, 0.05) is 6.54 Å². The number of unbranched alkanes of at least 4 members (excludes halogenated alkanes) is 3. The number of nitrogens with two attached hydrogens (primary N) is 3. The Morgan fingerprint density at radius 1 is 0.743 bits per heavy atom. The van der Waals surface area contributed by atoms with E-state index in [4.69, 9.17) is 17.2 Å². The van der Waals surface area contributed by atoms with Crippen molar-refractivity contribution in [2.24, 2.45) is 22.2 Å². The minimum absolute atomic E-state index is 0.0580. The summed E-state index contributed by atoms with van der Waals surface area (Å²) in [5.41, 5.74) is 16.7. The molecule has 35 heavy (non-hydrogen) atoms. The monoisotopic (exact) mass is 497 g/mol. The molecule has 11 heteroatoms. The van der Waals surface area contributed by atoms with Gasteiger partial charge in [0.15, 0.2) is 5.96 Å². The van der Waals surface area contributed by atoms with Gasteiger partial charge in [-0.1, -0.05) is 59.3 Å². The van der Waals surface area contributed by atoms with E-state index in [0.717, 1.165) is 32.1 Å². The van der Waals surface area contributed by atoms with Gasteiger partial charge in [0.25, 0.3) is 0 Å². The molecule has 0 aromatic rings. The summed E-state index contributed by atoms with van der Waals surface area (Å²) in [5, 5.41) is 8.21. The molecule has 0 fully saturated rings. The van der Waals surface area contributed by atoms with Gasteiger partial charge in [-0.2, -0.15) is 0 Å². The maximum atomic E-state index is 13.1. The number of rotatable bonds is 20. The third kappa shape index (κ3) is 15.0. The highest BCUT2D eigenvalue weighted by atomic mass is 16.2. The maximum absolute atomic E-state index is 13.1. The van der Waals surface area contributed by atoms with Crippen LogP contribution in [0.15, 0.2) is 4.99 Å². The van der Waals surface area contributed by atoms with Crippen molar-refractivity contribution < 1.29 is 19.2 Å². The number of carbonyl (C=O) groups is 4. The normalized spacial score (nSPS) is 14.2. The highest BCUT2D eigenvalue weighted by molar-refractivity contribution is 5.93. The van der Waals surface area contributed by atoms with Crippen LogP contribution in [0.4, 0.5) is 0 Å². The molecule has 0 bridgehead atoms. The minimum Gasteiger partial charge on any atom is -0.370 e. The number of carbonyl (C=O) groups excluding carboxylic acids is 4. The Bertz CT molecular complexity index is 668. The molecule has 0 rings (SSSR count). The lowest BCUT2D eigenvalue weighted by Gasteiger charge is -2.25. The molecule has 0 aliphatic heterocycles. The number of nitrogens with one attached hydrogen (secondary N) is 3. The van der Waals surface area contributed by atoms with E-state index in [2.05, 4.69) is 20.9 Å². The fourth-order valence-corrected chi connectivity index (χ4v) is 3.44. The second-order valence-corrected chi connectivity index (χ2v) is 8.86. The topological polar surface area (TPSA) is 195 Å². The molecule has 3 amide bonds. The predicted octanol–water partition coefficient (Wildman–Crippen LogP) is 0.591. The molecule has 0 radical (unpaired) electrons. The van der Waals surface area contributed by atoms with E-state index in [9.17, 15) is 19.2 Å². The van der Waals surface area contributed by atoms with Gasteiger partial charge in [0.2, 0.25) is 17.7 Å². The molecule has 202 valence electrons. The van der Waals surface area contributed by atoms with E-state index in [1.807, 2.05) is 20.8 Å². The number of hydrogen-bond acceptors (Lipinski definition) is 6. The zero-order chi connectivity index (χ0) is 26.6. The lowest BCUT2D eigenvalue weighted by Crippen LogP contribution is -2.56. The number of guanidine groups is 1. The molecule has 0 saturated carbocycles. The quantitative estimate of drug-likeness (QED) is 0.0612. The van der Waals surface area contributed by atoms with Crippen molar-refractivity contribution in [3.63, 3.8) is 0 Å². The molecule has 0 unspecified atom stereocenters. The van der Waals surface area contributed by atoms with E-state index in [0.29, 0.717) is 38.4 Å². The Labute approximate surface area is 209 Å². The summed E-state index contributed by atoms with van der Waals surface area (Å²) >= 11 is 0. The van der Waals surface area contributed by atoms with Crippen molar-refractivity contribution in [3.05, 3.63) is 0 Å². The van der Waals surface area contributed by atoms with Gasteiger partial charge in [-0.25, -0.2) is 0 Å². The lowest BCUT2D eigenvalue weighted by molar-refractivity contribution is -0.133. The van der Waals surface area contributed by atoms with E-state index in [-0.39, 0.29) is 24.8 Å². The van der Waals surface area contributed by atoms with Crippen LogP contribution in [0.25, 0.3) is 0 Å². The molecule has 0 aliphatic carbocycles. The summed E-state index contributed by atoms with van der Waals surface area (Å²) in [6, 6.07) is -3.05. The number of aldehydes is 1. The van der Waals surface area contributed by atoms with E-state index >= 15 is 0 Å². The molecule has 0 saturated heterocycles. The minimum atomic E-state index is -0.907. The summed E-state index contributed by atoms with van der Waals surface area (Å²) in [7, 11) is 0. The van der Waals surface area contributed by atoms with Gasteiger partial charge in [-0.15, -0.1) is 0 Å². The van der Waals surface area contributed by atoms with Crippen molar-refractivity contribution >= 4 is 30.0 Å². The van der Waals surface area contributed by atoms with Gasteiger partial charge in [-0.05, 0) is 32.1 Å². The largest absolute Gasteiger partial charge is 0.370 e. The van der Waals surface area contributed by atoms with Gasteiger partial charge in [0.1, 0.15) is 18.4 Å². The molecule has 0 heterocycles. The molecule has 4 atom stereocenters. The fourth-order valence-electron chi connectivity index (χ4n) is 3.44. The summed E-state index contributed by atoms with van der Waals surface area (Å²) in [6.45, 7) is 6.28. The van der Waals surface area contributed by atoms with Crippen molar-refractivity contribution in [1.82, 2.24) is 16.0 Å². The zero-order valence-electron chi connectivity index (χ0n) is 21.7. The molecular formula is C24H47N7O4. The van der Waals surface area contributed by atoms with Crippen molar-refractivity contribution in [3.8, 4) is 0 Å². The first-order valence-electron chi connectivity index (χ1n) is 12.9. The molecular weight excluding hydrogens is 450 g/mol. The summed E-state index contributed by atoms with van der Waals surface area (Å²) in [6.07, 6.45) is 7.83. The van der Waals surface area contributed by atoms with Gasteiger partial charge in [-0.3, -0.25) is 19.4 Å². The van der Waals surface area contributed by atoms with Crippen LogP contribution in [0.3, 0.4) is 0 Å². The Kier molecular flexibility index (Phi) is 18.1. The van der Waals surface area contributed by atoms with Crippen molar-refractivity contribution in [2.45, 2.75) is 116 Å². The zero-order valence-corrected chi connectivity index (χ0v) is 21.7. The fraction of sp³-hybridized carbons (Fsp3) is 0.792. The molecule has 0 spiro atoms. The summed E-state index contributed by atoms with van der Waals surface area (Å²) in [5.74, 6) is -1.37. The Morgan fingerprint density at radius 2 is 1.23 bits per heavy atom. The van der Waals surface area contributed by atoms with Crippen LogP contribution >= 0.6 is 0 Å². The molecule has 0 aliphatic rings. The second kappa shape index (κ2) is 19.6. The maximum Gasteiger partial charge on any atom is 0.243 e. The Balaban J connectivity index is 5.41. The Morgan fingerprint density at radius 3 is 1.77 bits per heavy atom. The first-order valence-corrected chi connectivity index (χ1v) is 12.9. The van der Waals surface area contributed by atoms with Crippen molar-refractivity contribution in [2.75, 3.05) is 6.54 Å². The standard InChI is InChI=1S/C24H47N7O4/c1-4-7-11-17(16-32)29-22(34)20(14-10-15-28-24(26)27)31-23(35)19(13-9-6-3)30-21(33)18(25)12-8-5-2/h16-20H,4-15,25H2,1-3H3,(H,29,34)(H,30,33)(H,31,35)(H4,26,27,28)/t17-,18+,19-,20-/m1/s1. The smallest absolute Gasteiger partial charge is 0.243 e. The number of aliphatic imine (C=N–C) groups is 1. The first kappa shape index (κ1) is 32.3. The summed E-state index contributed by atoms with van der Waals surface area (Å²) in [4.78, 5) is 53.9. The van der Waals surface area contributed by atoms with Crippen LogP contribution in [-0.2, 0) is 19.2 Å². The van der Waals surface area contributed by atoms with E-state index < -0.39 is 36.0 Å². The second-order valence-electron chi connectivity index (χ2n) is 8.86. The number of amides is 3. The number of hydrogen-bond donors (Lipinski definition) is 6. The molecule has 9 N–H and O–H groups in total. The van der Waals surface area contributed by atoms with Crippen LogP contribution in [0.2, 0.25) is 0 Å². The summed E-state index contributed by atoms with van der Waals surface area (Å²) < 4.78 is 0. The third-order valence-electron chi connectivity index (χ3n) is 5.62. The average Bonchev–Trinajstić information content (AvgIpc) is 2.83. The number of nitrogens with zero attached hydrogens (tertiary/aromatic N) is 1. The molecule has 0 aromatic carbocycles. The van der Waals surface area contributed by atoms with Gasteiger partial charge >= 0.3 is 0 Å². The highest BCUT2D eigenvalue weighted by Crippen LogP contribution is 2.07. The third-order valence-corrected chi connectivity index (χ3v) is 5.62. The van der Waals surface area contributed by atoms with E-state index in [1.165, 1.54) is 0 Å². The van der Waals surface area contributed by atoms with Crippen LogP contribution in [0, 0.1) is 0 Å². The highest BCUT2D eigenvalue weighted by Gasteiger charge is 2.28. The van der Waals surface area contributed by atoms with Crippen LogP contribution in [-0.4, -0.2) is 60.7 Å². The van der Waals surface area contributed by atoms with Gasteiger partial charge < -0.3 is 37.9 Å². The SMILES string of the molecule is CCCC[C@H](C=O)NC(=O)[C@@H](CCCN=C(N)N)NC(=O)[C@@H](CCCC)NC(=O)[C@@H](N)CCCC. The molecule has 0 aromatic heterocycles. The first-order chi connectivity index (χ1) is 16.7. The van der Waals surface area contributed by atoms with Crippen LogP contribution in [0.1, 0.15) is 91.4 Å². The van der Waals surface area contributed by atoms with Crippen molar-refractivity contribution in [1.29, 1.82) is 0 Å². The molecule has 11 nitrogen and oxygen atoms in total. The lowest BCUT2D eigenvalue weighted by atomic mass is 10.0. The van der Waals surface area contributed by atoms with Gasteiger partial charge in [0.05, 0.1) is 12.1 Å². The average molecular weight is 498 g/mol. The Hall–Kier alpha value is -2.69. The van der Waals surface area contributed by atoms with Crippen LogP contribution in [0.5, 0.6) is 0 Å². The van der Waals surface area contributed by atoms with E-state index in [1.54, 1.807) is 0 Å². The predicted molar refractivity (Wildman–Crippen MR) is 138 cm³/mol. The van der Waals surface area contributed by atoms with Crippen LogP contribution < -0.4 is 33.2 Å².